The van der Waals surface area contributed by atoms with E-state index in [4.69, 9.17) is 0 Å². The molecule has 0 spiro atoms. The average molecular weight is 281 g/mol. The van der Waals surface area contributed by atoms with Gasteiger partial charge in [-0.25, -0.2) is 4.98 Å². The van der Waals surface area contributed by atoms with Crippen molar-refractivity contribution in [3.05, 3.63) is 22.7 Å². The van der Waals surface area contributed by atoms with E-state index in [1.807, 2.05) is 27.7 Å². The highest BCUT2D eigenvalue weighted by molar-refractivity contribution is 5.75. The lowest BCUT2D eigenvalue weighted by molar-refractivity contribution is -0.139. The van der Waals surface area contributed by atoms with Crippen molar-refractivity contribution in [2.75, 3.05) is 18.6 Å². The zero-order valence-electron chi connectivity index (χ0n) is 12.8. The van der Waals surface area contributed by atoms with Crippen LogP contribution in [0.2, 0.25) is 0 Å². The van der Waals surface area contributed by atoms with Crippen molar-refractivity contribution in [1.29, 1.82) is 0 Å². The van der Waals surface area contributed by atoms with Crippen molar-refractivity contribution >= 4 is 11.8 Å². The van der Waals surface area contributed by atoms with Crippen molar-refractivity contribution in [2.45, 2.75) is 40.3 Å². The van der Waals surface area contributed by atoms with Crippen LogP contribution in [-0.2, 0) is 16.1 Å². The third-order valence-corrected chi connectivity index (χ3v) is 2.88. The predicted octanol–water partition coefficient (Wildman–Crippen LogP) is 1.29. The van der Waals surface area contributed by atoms with Crippen LogP contribution in [0, 0.1) is 5.92 Å². The molecule has 0 radical (unpaired) electrons. The van der Waals surface area contributed by atoms with Gasteiger partial charge in [0.05, 0.1) is 7.11 Å². The van der Waals surface area contributed by atoms with Crippen molar-refractivity contribution in [3.8, 4) is 0 Å². The van der Waals surface area contributed by atoms with Gasteiger partial charge in [-0.3, -0.25) is 9.59 Å². The van der Waals surface area contributed by atoms with Gasteiger partial charge in [-0.15, -0.1) is 0 Å². The first-order valence-electron chi connectivity index (χ1n) is 6.75. The van der Waals surface area contributed by atoms with E-state index in [0.717, 1.165) is 0 Å². The minimum absolute atomic E-state index is 0.0160. The minimum Gasteiger partial charge on any atom is -0.468 e. The summed E-state index contributed by atoms with van der Waals surface area (Å²) >= 11 is 0. The number of carbonyl (C=O) groups excluding carboxylic acids is 1. The third kappa shape index (κ3) is 4.08. The van der Waals surface area contributed by atoms with E-state index in [0.29, 0.717) is 12.5 Å². The molecule has 6 nitrogen and oxygen atoms in total. The molecule has 1 rings (SSSR count). The number of anilines is 1. The summed E-state index contributed by atoms with van der Waals surface area (Å²) in [5.41, 5.74) is -0.182. The molecule has 1 aromatic rings. The van der Waals surface area contributed by atoms with Gasteiger partial charge in [0.25, 0.3) is 5.56 Å². The molecule has 0 amide bonds. The topological polar surface area (TPSA) is 64.4 Å². The summed E-state index contributed by atoms with van der Waals surface area (Å²) < 4.78 is 6.29. The van der Waals surface area contributed by atoms with Crippen molar-refractivity contribution < 1.29 is 9.53 Å². The highest BCUT2D eigenvalue weighted by Gasteiger charge is 2.20. The van der Waals surface area contributed by atoms with E-state index >= 15 is 0 Å². The predicted molar refractivity (Wildman–Crippen MR) is 77.8 cm³/mol. The second kappa shape index (κ2) is 7.07. The molecule has 1 aromatic heterocycles. The molecule has 6 heteroatoms. The molecule has 112 valence electrons. The Morgan fingerprint density at radius 2 is 2.05 bits per heavy atom. The van der Waals surface area contributed by atoms with Gasteiger partial charge < -0.3 is 14.2 Å². The van der Waals surface area contributed by atoms with Crippen LogP contribution in [0.1, 0.15) is 27.7 Å². The normalized spacial score (nSPS) is 10.9. The smallest absolute Gasteiger partial charge is 0.325 e. The fourth-order valence-electron chi connectivity index (χ4n) is 1.88. The molecule has 0 fully saturated rings. The van der Waals surface area contributed by atoms with Crippen LogP contribution >= 0.6 is 0 Å². The lowest BCUT2D eigenvalue weighted by atomic mass is 10.2. The maximum atomic E-state index is 12.4. The van der Waals surface area contributed by atoms with Crippen LogP contribution in [0.15, 0.2) is 17.2 Å². The number of ether oxygens (including phenoxy) is 1. The standard InChI is InChI=1S/C14H23N3O3/c1-10(2)8-16-7-6-15-13(14(16)19)17(11(3)4)9-12(18)20-5/h6-7,10-11H,8-9H2,1-5H3. The molecular formula is C14H23N3O3. The number of methoxy groups -OCH3 is 1. The summed E-state index contributed by atoms with van der Waals surface area (Å²) in [6, 6.07) is -0.0239. The Morgan fingerprint density at radius 3 is 2.55 bits per heavy atom. The Kier molecular flexibility index (Phi) is 5.73. The summed E-state index contributed by atoms with van der Waals surface area (Å²) in [6.07, 6.45) is 3.26. The summed E-state index contributed by atoms with van der Waals surface area (Å²) in [5, 5.41) is 0. The lowest BCUT2D eigenvalue weighted by Crippen LogP contribution is -2.41. The molecule has 0 aliphatic rings. The number of esters is 1. The van der Waals surface area contributed by atoms with Gasteiger partial charge >= 0.3 is 5.97 Å². The van der Waals surface area contributed by atoms with Gasteiger partial charge in [0, 0.05) is 25.0 Å². The minimum atomic E-state index is -0.390. The van der Waals surface area contributed by atoms with E-state index in [2.05, 4.69) is 9.72 Å². The second-order valence-electron chi connectivity index (χ2n) is 5.40. The number of nitrogens with zero attached hydrogens (tertiary/aromatic N) is 3. The number of hydrogen-bond acceptors (Lipinski definition) is 5. The molecule has 0 atom stereocenters. The molecular weight excluding hydrogens is 258 g/mol. The van der Waals surface area contributed by atoms with Crippen LogP contribution in [0.4, 0.5) is 5.82 Å². The summed E-state index contributed by atoms with van der Waals surface area (Å²) in [6.45, 7) is 8.54. The van der Waals surface area contributed by atoms with E-state index < -0.39 is 0 Å². The maximum absolute atomic E-state index is 12.4. The second-order valence-corrected chi connectivity index (χ2v) is 5.40. The largest absolute Gasteiger partial charge is 0.468 e. The van der Waals surface area contributed by atoms with Gasteiger partial charge in [0.1, 0.15) is 6.54 Å². The third-order valence-electron chi connectivity index (χ3n) is 2.88. The molecule has 1 heterocycles. The van der Waals surface area contributed by atoms with Crippen LogP contribution in [0.3, 0.4) is 0 Å². The number of aromatic nitrogens is 2. The van der Waals surface area contributed by atoms with Crippen LogP contribution < -0.4 is 10.5 Å². The van der Waals surface area contributed by atoms with Gasteiger partial charge in [0.2, 0.25) is 0 Å². The SMILES string of the molecule is COC(=O)CN(c1nccn(CC(C)C)c1=O)C(C)C. The zero-order chi connectivity index (χ0) is 15.3. The Balaban J connectivity index is 3.14. The Morgan fingerprint density at radius 1 is 1.40 bits per heavy atom. The van der Waals surface area contributed by atoms with Gasteiger partial charge in [0.15, 0.2) is 5.82 Å². The van der Waals surface area contributed by atoms with Crippen molar-refractivity contribution in [3.63, 3.8) is 0 Å². The zero-order valence-corrected chi connectivity index (χ0v) is 12.8. The quantitative estimate of drug-likeness (QED) is 0.735. The van der Waals surface area contributed by atoms with E-state index in [1.54, 1.807) is 21.9 Å². The Labute approximate surface area is 119 Å². The number of rotatable bonds is 6. The Hall–Kier alpha value is -1.85. The summed E-state index contributed by atoms with van der Waals surface area (Å²) in [5.74, 6) is 0.253. The molecule has 0 aliphatic carbocycles. The molecule has 0 saturated heterocycles. The van der Waals surface area contributed by atoms with Crippen LogP contribution in [0.5, 0.6) is 0 Å². The fourth-order valence-corrected chi connectivity index (χ4v) is 1.88. The molecule has 0 aliphatic heterocycles. The number of carbonyl (C=O) groups is 1. The van der Waals surface area contributed by atoms with Gasteiger partial charge in [-0.2, -0.15) is 0 Å². The van der Waals surface area contributed by atoms with Crippen molar-refractivity contribution in [2.24, 2.45) is 5.92 Å². The first-order valence-corrected chi connectivity index (χ1v) is 6.75. The molecule has 0 aromatic carbocycles. The number of hydrogen-bond donors (Lipinski definition) is 0. The highest BCUT2D eigenvalue weighted by atomic mass is 16.5. The van der Waals surface area contributed by atoms with E-state index in [9.17, 15) is 9.59 Å². The van der Waals surface area contributed by atoms with Gasteiger partial charge in [-0.05, 0) is 19.8 Å². The first-order chi connectivity index (χ1) is 9.36. The molecule has 0 N–H and O–H groups in total. The molecule has 20 heavy (non-hydrogen) atoms. The average Bonchev–Trinajstić information content (AvgIpc) is 2.37. The monoisotopic (exact) mass is 281 g/mol. The van der Waals surface area contributed by atoms with E-state index in [-0.39, 0.29) is 29.9 Å². The lowest BCUT2D eigenvalue weighted by Gasteiger charge is -2.26. The van der Waals surface area contributed by atoms with Crippen LogP contribution in [0.25, 0.3) is 0 Å². The van der Waals surface area contributed by atoms with Crippen molar-refractivity contribution in [1.82, 2.24) is 9.55 Å². The van der Waals surface area contributed by atoms with Gasteiger partial charge in [-0.1, -0.05) is 13.8 Å². The summed E-state index contributed by atoms with van der Waals surface area (Å²) in [7, 11) is 1.33. The summed E-state index contributed by atoms with van der Waals surface area (Å²) in [4.78, 5) is 29.7. The molecule has 0 saturated carbocycles. The maximum Gasteiger partial charge on any atom is 0.325 e. The molecule has 0 unspecified atom stereocenters. The van der Waals surface area contributed by atoms with E-state index in [1.165, 1.54) is 7.11 Å². The molecule has 0 bridgehead atoms. The first kappa shape index (κ1) is 16.2. The Bertz CT molecular complexity index is 509. The highest BCUT2D eigenvalue weighted by Crippen LogP contribution is 2.09. The fraction of sp³-hybridized carbons (Fsp3) is 0.643. The van der Waals surface area contributed by atoms with Crippen LogP contribution in [-0.4, -0.2) is 35.2 Å².